The van der Waals surface area contributed by atoms with Gasteiger partial charge in [-0.15, -0.1) is 11.6 Å². The largest absolute Gasteiger partial charge is 0.496 e. The third-order valence-corrected chi connectivity index (χ3v) is 3.69. The van der Waals surface area contributed by atoms with Gasteiger partial charge in [-0.1, -0.05) is 0 Å². The maximum Gasteiger partial charge on any atom is 0.297 e. The number of nitro benzene ring substituents is 1. The van der Waals surface area contributed by atoms with E-state index in [2.05, 4.69) is 15.9 Å². The van der Waals surface area contributed by atoms with E-state index in [1.165, 1.54) is 18.1 Å². The first-order valence-corrected chi connectivity index (χ1v) is 6.63. The molecular weight excluding hydrogens is 339 g/mol. The molecule has 1 unspecified atom stereocenters. The summed E-state index contributed by atoms with van der Waals surface area (Å²) in [7, 11) is 1.42. The average Bonchev–Trinajstić information content (AvgIpc) is 2.66. The van der Waals surface area contributed by atoms with Crippen molar-refractivity contribution in [3.05, 3.63) is 26.7 Å². The molecule has 1 aliphatic rings. The number of methoxy groups -OCH3 is 1. The maximum atomic E-state index is 11.8. The van der Waals surface area contributed by atoms with Gasteiger partial charge in [-0.3, -0.25) is 14.9 Å². The van der Waals surface area contributed by atoms with Crippen LogP contribution in [0.5, 0.6) is 5.75 Å². The lowest BCUT2D eigenvalue weighted by Crippen LogP contribution is -2.26. The molecule has 0 spiro atoms. The van der Waals surface area contributed by atoms with Crippen LogP contribution in [-0.4, -0.2) is 29.9 Å². The zero-order valence-electron chi connectivity index (χ0n) is 9.93. The number of rotatable bonds is 3. The second kappa shape index (κ2) is 5.34. The number of benzene rings is 1. The predicted molar refractivity (Wildman–Crippen MR) is 74.0 cm³/mol. The summed E-state index contributed by atoms with van der Waals surface area (Å²) < 4.78 is 5.42. The van der Waals surface area contributed by atoms with E-state index in [-0.39, 0.29) is 35.6 Å². The average molecular weight is 350 g/mol. The highest BCUT2D eigenvalue weighted by Crippen LogP contribution is 2.41. The Morgan fingerprint density at radius 1 is 1.58 bits per heavy atom. The summed E-state index contributed by atoms with van der Waals surface area (Å²) in [5.41, 5.74) is 0.0318. The van der Waals surface area contributed by atoms with Gasteiger partial charge in [0.1, 0.15) is 11.4 Å². The summed E-state index contributed by atoms with van der Waals surface area (Å²) in [4.78, 5) is 23.8. The van der Waals surface area contributed by atoms with E-state index < -0.39 is 4.92 Å². The highest BCUT2D eigenvalue weighted by molar-refractivity contribution is 9.10. The lowest BCUT2D eigenvalue weighted by molar-refractivity contribution is -0.384. The van der Waals surface area contributed by atoms with Crippen LogP contribution in [0.25, 0.3) is 0 Å². The number of alkyl halides is 1. The Hall–Kier alpha value is -1.34. The fourth-order valence-electron chi connectivity index (χ4n) is 1.96. The highest BCUT2D eigenvalue weighted by atomic mass is 79.9. The molecule has 1 aromatic rings. The van der Waals surface area contributed by atoms with E-state index in [1.54, 1.807) is 6.07 Å². The van der Waals surface area contributed by atoms with Crippen molar-refractivity contribution in [2.45, 2.75) is 11.8 Å². The molecule has 1 atom stereocenters. The second-order valence-corrected chi connectivity index (χ2v) is 5.51. The highest BCUT2D eigenvalue weighted by Gasteiger charge is 2.35. The molecule has 1 saturated heterocycles. The van der Waals surface area contributed by atoms with Crippen molar-refractivity contribution < 1.29 is 14.5 Å². The van der Waals surface area contributed by atoms with Crippen LogP contribution in [0.2, 0.25) is 0 Å². The van der Waals surface area contributed by atoms with Gasteiger partial charge in [0.2, 0.25) is 5.91 Å². The Morgan fingerprint density at radius 3 is 2.74 bits per heavy atom. The van der Waals surface area contributed by atoms with Crippen LogP contribution in [0.4, 0.5) is 11.4 Å². The number of halogens is 2. The van der Waals surface area contributed by atoms with Crippen molar-refractivity contribution in [3.63, 3.8) is 0 Å². The summed E-state index contributed by atoms with van der Waals surface area (Å²) in [6, 6.07) is 2.87. The number of hydrogen-bond acceptors (Lipinski definition) is 4. The fraction of sp³-hybridized carbons (Fsp3) is 0.364. The van der Waals surface area contributed by atoms with Gasteiger partial charge in [-0.05, 0) is 22.0 Å². The molecule has 0 N–H and O–H groups in total. The van der Waals surface area contributed by atoms with Gasteiger partial charge in [-0.25, -0.2) is 0 Å². The van der Waals surface area contributed by atoms with Crippen LogP contribution < -0.4 is 9.64 Å². The van der Waals surface area contributed by atoms with Crippen molar-refractivity contribution in [2.24, 2.45) is 0 Å². The summed E-state index contributed by atoms with van der Waals surface area (Å²) in [5, 5.41) is 10.8. The molecule has 1 fully saturated rings. The van der Waals surface area contributed by atoms with Crippen molar-refractivity contribution in [1.29, 1.82) is 0 Å². The molecule has 1 aromatic carbocycles. The first kappa shape index (κ1) is 14.1. The van der Waals surface area contributed by atoms with E-state index in [0.29, 0.717) is 10.2 Å². The quantitative estimate of drug-likeness (QED) is 0.478. The monoisotopic (exact) mass is 348 g/mol. The second-order valence-electron chi connectivity index (χ2n) is 4.04. The van der Waals surface area contributed by atoms with Gasteiger partial charge in [0, 0.05) is 13.0 Å². The Balaban J connectivity index is 2.55. The topological polar surface area (TPSA) is 72.7 Å². The minimum Gasteiger partial charge on any atom is -0.496 e. The SMILES string of the molecule is COc1cc(Br)c(N2CC(Cl)CC2=O)c([N+](=O)[O-])c1. The zero-order chi connectivity index (χ0) is 14.2. The van der Waals surface area contributed by atoms with E-state index in [0.717, 1.165) is 0 Å². The molecule has 0 aliphatic carbocycles. The van der Waals surface area contributed by atoms with Gasteiger partial charge in [-0.2, -0.15) is 0 Å². The Morgan fingerprint density at radius 2 is 2.26 bits per heavy atom. The van der Waals surface area contributed by atoms with Crippen LogP contribution in [0.1, 0.15) is 6.42 Å². The Bertz CT molecular complexity index is 552. The van der Waals surface area contributed by atoms with Gasteiger partial charge in [0.05, 0.1) is 27.9 Å². The Labute approximate surface area is 122 Å². The molecule has 1 amide bonds. The summed E-state index contributed by atoms with van der Waals surface area (Å²) in [5.74, 6) is 0.116. The minimum absolute atomic E-state index is 0.178. The first-order valence-electron chi connectivity index (χ1n) is 5.40. The summed E-state index contributed by atoms with van der Waals surface area (Å²) in [6.07, 6.45) is 0.178. The number of nitro groups is 1. The smallest absolute Gasteiger partial charge is 0.297 e. The molecule has 1 aliphatic heterocycles. The van der Waals surface area contributed by atoms with Crippen LogP contribution in [-0.2, 0) is 4.79 Å². The molecule has 0 radical (unpaired) electrons. The van der Waals surface area contributed by atoms with Crippen LogP contribution >= 0.6 is 27.5 Å². The molecule has 0 saturated carbocycles. The third-order valence-electron chi connectivity index (χ3n) is 2.80. The van der Waals surface area contributed by atoms with Crippen molar-refractivity contribution in [3.8, 4) is 5.75 Å². The molecule has 0 aromatic heterocycles. The number of hydrogen-bond donors (Lipinski definition) is 0. The van der Waals surface area contributed by atoms with E-state index in [4.69, 9.17) is 16.3 Å². The maximum absolute atomic E-state index is 11.8. The standard InChI is InChI=1S/C11H10BrClN2O4/c1-19-7-3-8(12)11(9(4-7)15(17)18)14-5-6(13)2-10(14)16/h3-4,6H,2,5H2,1H3. The van der Waals surface area contributed by atoms with E-state index in [9.17, 15) is 14.9 Å². The van der Waals surface area contributed by atoms with E-state index in [1.807, 2.05) is 0 Å². The van der Waals surface area contributed by atoms with Crippen LogP contribution in [0.15, 0.2) is 16.6 Å². The zero-order valence-corrected chi connectivity index (χ0v) is 12.3. The molecule has 19 heavy (non-hydrogen) atoms. The molecule has 2 rings (SSSR count). The molecule has 0 bridgehead atoms. The van der Waals surface area contributed by atoms with Crippen molar-refractivity contribution >= 4 is 44.8 Å². The lowest BCUT2D eigenvalue weighted by Gasteiger charge is -2.18. The number of ether oxygens (including phenoxy) is 1. The summed E-state index contributed by atoms with van der Waals surface area (Å²) in [6.45, 7) is 0.256. The number of amides is 1. The van der Waals surface area contributed by atoms with Gasteiger partial charge in [0.25, 0.3) is 5.69 Å². The first-order chi connectivity index (χ1) is 8.93. The molecule has 1 heterocycles. The summed E-state index contributed by atoms with van der Waals surface area (Å²) >= 11 is 9.17. The van der Waals surface area contributed by atoms with Gasteiger partial charge >= 0.3 is 0 Å². The number of carbonyl (C=O) groups excluding carboxylic acids is 1. The number of carbonyl (C=O) groups is 1. The Kier molecular flexibility index (Phi) is 3.96. The lowest BCUT2D eigenvalue weighted by atomic mass is 10.2. The predicted octanol–water partition coefficient (Wildman–Crippen LogP) is 2.71. The molecule has 102 valence electrons. The van der Waals surface area contributed by atoms with Crippen molar-refractivity contribution in [1.82, 2.24) is 0 Å². The van der Waals surface area contributed by atoms with Gasteiger partial charge < -0.3 is 9.64 Å². The molecule has 6 nitrogen and oxygen atoms in total. The third kappa shape index (κ3) is 2.66. The molecule has 8 heteroatoms. The van der Waals surface area contributed by atoms with Crippen LogP contribution in [0, 0.1) is 10.1 Å². The van der Waals surface area contributed by atoms with Gasteiger partial charge in [0.15, 0.2) is 0 Å². The fourth-order valence-corrected chi connectivity index (χ4v) is 2.88. The minimum atomic E-state index is -0.544. The van der Waals surface area contributed by atoms with E-state index >= 15 is 0 Å². The van der Waals surface area contributed by atoms with Crippen LogP contribution in [0.3, 0.4) is 0 Å². The molecular formula is C11H10BrClN2O4. The number of nitrogens with zero attached hydrogens (tertiary/aromatic N) is 2. The normalized spacial score (nSPS) is 18.8. The van der Waals surface area contributed by atoms with Crippen molar-refractivity contribution in [2.75, 3.05) is 18.6 Å². The number of anilines is 1.